The van der Waals surface area contributed by atoms with Crippen LogP contribution in [0.15, 0.2) is 72.9 Å². The van der Waals surface area contributed by atoms with Crippen LogP contribution in [-0.2, 0) is 28.6 Å². The maximum Gasteiger partial charge on any atom is 0.306 e. The zero-order chi connectivity index (χ0) is 50.7. The molecule has 404 valence electrons. The van der Waals surface area contributed by atoms with Crippen molar-refractivity contribution in [3.05, 3.63) is 72.9 Å². The van der Waals surface area contributed by atoms with Crippen molar-refractivity contribution < 1.29 is 28.6 Å². The first-order valence-corrected chi connectivity index (χ1v) is 29.9. The molecule has 0 fully saturated rings. The molecule has 0 heterocycles. The molecular weight excluding hydrogens is 865 g/mol. The number of carbonyl (C=O) groups is 3. The molecule has 0 radical (unpaired) electrons. The molecule has 0 saturated carbocycles. The van der Waals surface area contributed by atoms with E-state index < -0.39 is 6.10 Å². The van der Waals surface area contributed by atoms with Crippen LogP contribution in [0.2, 0.25) is 0 Å². The Bertz CT molecular complexity index is 1310. The van der Waals surface area contributed by atoms with Crippen LogP contribution in [0.25, 0.3) is 0 Å². The van der Waals surface area contributed by atoms with Gasteiger partial charge in [-0.25, -0.2) is 0 Å². The van der Waals surface area contributed by atoms with E-state index in [1.165, 1.54) is 161 Å². The summed E-state index contributed by atoms with van der Waals surface area (Å²) in [5, 5.41) is 0. The molecule has 6 nitrogen and oxygen atoms in total. The zero-order valence-electron chi connectivity index (χ0n) is 46.3. The minimum absolute atomic E-state index is 0.0859. The van der Waals surface area contributed by atoms with Gasteiger partial charge in [-0.3, -0.25) is 14.4 Å². The summed E-state index contributed by atoms with van der Waals surface area (Å²) in [5.74, 6) is -0.910. The normalized spacial score (nSPS) is 12.6. The fourth-order valence-corrected chi connectivity index (χ4v) is 8.47. The Morgan fingerprint density at radius 2 is 0.557 bits per heavy atom. The van der Waals surface area contributed by atoms with Crippen molar-refractivity contribution in [3.63, 3.8) is 0 Å². The standard InChI is InChI=1S/C64H112O6/c1-4-7-10-13-16-19-22-25-28-30-32-34-36-39-42-45-48-51-54-57-63(66)69-60-61(59-68-62(65)56-53-50-47-44-41-38-35-27-24-21-18-15-12-9-6-3)70-64(67)58-55-52-49-46-43-40-37-33-31-29-26-23-20-17-14-11-8-5-2/h7,10,16,19,21,24-25,28,32,34,39,42,61H,4-6,8-9,11-15,17-18,20,22-23,26-27,29-31,33,35-38,40-41,43-60H2,1-3H3/b10-7-,19-16-,24-21-,28-25-,34-32-,42-39-. The summed E-state index contributed by atoms with van der Waals surface area (Å²) in [6.45, 7) is 6.52. The van der Waals surface area contributed by atoms with E-state index in [-0.39, 0.29) is 31.1 Å². The molecule has 0 aliphatic carbocycles. The lowest BCUT2D eigenvalue weighted by Gasteiger charge is -2.18. The third kappa shape index (κ3) is 55.8. The Hall–Kier alpha value is -3.15. The highest BCUT2D eigenvalue weighted by molar-refractivity contribution is 5.71. The fourth-order valence-electron chi connectivity index (χ4n) is 8.47. The van der Waals surface area contributed by atoms with Crippen molar-refractivity contribution in [3.8, 4) is 0 Å². The van der Waals surface area contributed by atoms with Gasteiger partial charge in [0.2, 0.25) is 0 Å². The highest BCUT2D eigenvalue weighted by Gasteiger charge is 2.19. The molecule has 0 saturated heterocycles. The predicted molar refractivity (Wildman–Crippen MR) is 302 cm³/mol. The van der Waals surface area contributed by atoms with Gasteiger partial charge < -0.3 is 14.2 Å². The highest BCUT2D eigenvalue weighted by atomic mass is 16.6. The van der Waals surface area contributed by atoms with E-state index in [1.54, 1.807) is 0 Å². The first-order valence-electron chi connectivity index (χ1n) is 29.9. The lowest BCUT2D eigenvalue weighted by atomic mass is 10.0. The molecule has 0 amide bonds. The Kier molecular flexibility index (Phi) is 55.8. The van der Waals surface area contributed by atoms with Crippen molar-refractivity contribution in [2.75, 3.05) is 13.2 Å². The number of carbonyl (C=O) groups excluding carboxylic acids is 3. The zero-order valence-corrected chi connectivity index (χ0v) is 46.3. The second kappa shape index (κ2) is 58.4. The van der Waals surface area contributed by atoms with Gasteiger partial charge in [0.05, 0.1) is 0 Å². The number of hydrogen-bond acceptors (Lipinski definition) is 6. The molecule has 0 rings (SSSR count). The van der Waals surface area contributed by atoms with Gasteiger partial charge >= 0.3 is 17.9 Å². The SMILES string of the molecule is CC/C=C\C/C=C\C/C=C\C/C=C\C/C=C\CCCCCC(=O)OCC(COC(=O)CCCCCCCCC/C=C\CCCCCC)OC(=O)CCCCCCCCCCCCCCCCCCCC. The lowest BCUT2D eigenvalue weighted by Crippen LogP contribution is -2.30. The largest absolute Gasteiger partial charge is 0.462 e. The van der Waals surface area contributed by atoms with Crippen LogP contribution in [0.5, 0.6) is 0 Å². The topological polar surface area (TPSA) is 78.9 Å². The third-order valence-electron chi connectivity index (χ3n) is 12.9. The van der Waals surface area contributed by atoms with Crippen molar-refractivity contribution in [2.24, 2.45) is 0 Å². The molecule has 0 spiro atoms. The average Bonchev–Trinajstić information content (AvgIpc) is 3.36. The number of allylic oxidation sites excluding steroid dienone is 12. The van der Waals surface area contributed by atoms with Gasteiger partial charge in [-0.15, -0.1) is 0 Å². The molecule has 0 aromatic carbocycles. The molecule has 1 unspecified atom stereocenters. The minimum atomic E-state index is -0.790. The van der Waals surface area contributed by atoms with Crippen LogP contribution in [0.3, 0.4) is 0 Å². The van der Waals surface area contributed by atoms with E-state index in [0.29, 0.717) is 19.3 Å². The quantitative estimate of drug-likeness (QED) is 0.0261. The van der Waals surface area contributed by atoms with Crippen LogP contribution >= 0.6 is 0 Å². The third-order valence-corrected chi connectivity index (χ3v) is 12.9. The second-order valence-electron chi connectivity index (χ2n) is 19.9. The molecular formula is C64H112O6. The molecule has 70 heavy (non-hydrogen) atoms. The van der Waals surface area contributed by atoms with Gasteiger partial charge in [-0.2, -0.15) is 0 Å². The van der Waals surface area contributed by atoms with Gasteiger partial charge in [0.15, 0.2) is 6.10 Å². The number of esters is 3. The van der Waals surface area contributed by atoms with Gasteiger partial charge in [-0.1, -0.05) is 261 Å². The van der Waals surface area contributed by atoms with E-state index in [1.807, 2.05) is 0 Å². The molecule has 0 aromatic rings. The Morgan fingerprint density at radius 3 is 0.914 bits per heavy atom. The summed E-state index contributed by atoms with van der Waals surface area (Å²) in [4.78, 5) is 38.2. The molecule has 0 aliphatic rings. The molecule has 0 aromatic heterocycles. The Morgan fingerprint density at radius 1 is 0.300 bits per heavy atom. The van der Waals surface area contributed by atoms with Crippen LogP contribution in [0.4, 0.5) is 0 Å². The van der Waals surface area contributed by atoms with Crippen LogP contribution < -0.4 is 0 Å². The van der Waals surface area contributed by atoms with E-state index in [0.717, 1.165) is 96.3 Å². The predicted octanol–water partition coefficient (Wildman–Crippen LogP) is 20.2. The van der Waals surface area contributed by atoms with Crippen LogP contribution in [-0.4, -0.2) is 37.2 Å². The highest BCUT2D eigenvalue weighted by Crippen LogP contribution is 2.16. The molecule has 1 atom stereocenters. The van der Waals surface area contributed by atoms with Crippen molar-refractivity contribution in [1.29, 1.82) is 0 Å². The molecule has 0 aliphatic heterocycles. The first-order chi connectivity index (χ1) is 34.5. The number of hydrogen-bond donors (Lipinski definition) is 0. The van der Waals surface area contributed by atoms with E-state index in [9.17, 15) is 14.4 Å². The maximum absolute atomic E-state index is 12.9. The van der Waals surface area contributed by atoms with Gasteiger partial charge in [0.1, 0.15) is 13.2 Å². The number of rotatable bonds is 54. The monoisotopic (exact) mass is 977 g/mol. The summed E-state index contributed by atoms with van der Waals surface area (Å²) in [7, 11) is 0. The van der Waals surface area contributed by atoms with Gasteiger partial charge in [0, 0.05) is 19.3 Å². The van der Waals surface area contributed by atoms with Gasteiger partial charge in [-0.05, 0) is 89.9 Å². The molecule has 0 N–H and O–H groups in total. The summed E-state index contributed by atoms with van der Waals surface area (Å²) in [5.41, 5.74) is 0. The molecule has 0 bridgehead atoms. The fraction of sp³-hybridized carbons (Fsp3) is 0.766. The Balaban J connectivity index is 4.42. The summed E-state index contributed by atoms with van der Waals surface area (Å²) in [6, 6.07) is 0. The Labute approximate surface area is 433 Å². The molecule has 6 heteroatoms. The summed E-state index contributed by atoms with van der Waals surface area (Å²) < 4.78 is 16.9. The lowest BCUT2D eigenvalue weighted by molar-refractivity contribution is -0.167. The van der Waals surface area contributed by atoms with Crippen LogP contribution in [0, 0.1) is 0 Å². The smallest absolute Gasteiger partial charge is 0.306 e. The summed E-state index contributed by atoms with van der Waals surface area (Å²) >= 11 is 0. The number of unbranched alkanes of at least 4 members (excludes halogenated alkanes) is 31. The van der Waals surface area contributed by atoms with Gasteiger partial charge in [0.25, 0.3) is 0 Å². The van der Waals surface area contributed by atoms with E-state index in [4.69, 9.17) is 14.2 Å². The van der Waals surface area contributed by atoms with E-state index >= 15 is 0 Å². The van der Waals surface area contributed by atoms with E-state index in [2.05, 4.69) is 93.7 Å². The average molecular weight is 978 g/mol. The van der Waals surface area contributed by atoms with Crippen molar-refractivity contribution in [1.82, 2.24) is 0 Å². The van der Waals surface area contributed by atoms with Crippen molar-refractivity contribution >= 4 is 17.9 Å². The number of ether oxygens (including phenoxy) is 3. The first kappa shape index (κ1) is 66.9. The maximum atomic E-state index is 12.9. The van der Waals surface area contributed by atoms with Crippen molar-refractivity contribution in [2.45, 2.75) is 303 Å². The van der Waals surface area contributed by atoms with Crippen LogP contribution in [0.1, 0.15) is 297 Å². The minimum Gasteiger partial charge on any atom is -0.462 e. The summed E-state index contributed by atoms with van der Waals surface area (Å²) in [6.07, 6.45) is 74.6. The second-order valence-corrected chi connectivity index (χ2v) is 19.9.